The first kappa shape index (κ1) is 15.4. The van der Waals surface area contributed by atoms with Crippen LogP contribution in [0.4, 0.5) is 0 Å². The number of hydrogen-bond acceptors (Lipinski definition) is 4. The molecule has 0 spiro atoms. The third-order valence-electron chi connectivity index (χ3n) is 5.29. The highest BCUT2D eigenvalue weighted by atomic mass is 16.2. The Morgan fingerprint density at radius 1 is 1.00 bits per heavy atom. The molecule has 1 aromatic heterocycles. The van der Waals surface area contributed by atoms with E-state index in [4.69, 9.17) is 0 Å². The van der Waals surface area contributed by atoms with Gasteiger partial charge in [-0.05, 0) is 41.5 Å². The van der Waals surface area contributed by atoms with E-state index in [9.17, 15) is 4.79 Å². The smallest absolute Gasteiger partial charge is 0.223 e. The summed E-state index contributed by atoms with van der Waals surface area (Å²) in [4.78, 5) is 14.9. The number of nitrogens with zero attached hydrogens (tertiary/aromatic N) is 5. The summed E-state index contributed by atoms with van der Waals surface area (Å²) < 4.78 is 1.81. The highest BCUT2D eigenvalue weighted by Gasteiger charge is 2.36. The van der Waals surface area contributed by atoms with Crippen LogP contribution in [0.1, 0.15) is 64.2 Å². The zero-order valence-corrected chi connectivity index (χ0v) is 13.4. The molecule has 0 radical (unpaired) electrons. The topological polar surface area (TPSA) is 63.9 Å². The average Bonchev–Trinajstić information content (AvgIpc) is 2.87. The Kier molecular flexibility index (Phi) is 5.05. The number of rotatable bonds is 4. The van der Waals surface area contributed by atoms with Crippen LogP contribution >= 0.6 is 0 Å². The van der Waals surface area contributed by atoms with Crippen molar-refractivity contribution in [1.29, 1.82) is 0 Å². The molecule has 6 nitrogen and oxygen atoms in total. The van der Waals surface area contributed by atoms with Gasteiger partial charge in [-0.25, -0.2) is 4.68 Å². The number of amides is 1. The van der Waals surface area contributed by atoms with Gasteiger partial charge in [-0.15, -0.1) is 5.10 Å². The summed E-state index contributed by atoms with van der Waals surface area (Å²) in [5, 5.41) is 11.5. The van der Waals surface area contributed by atoms with E-state index in [0.717, 1.165) is 45.3 Å². The Morgan fingerprint density at radius 3 is 2.32 bits per heavy atom. The summed E-state index contributed by atoms with van der Waals surface area (Å²) in [5.74, 6) is 0.344. The van der Waals surface area contributed by atoms with Crippen molar-refractivity contribution in [3.63, 3.8) is 0 Å². The highest BCUT2D eigenvalue weighted by Crippen LogP contribution is 2.41. The maximum atomic E-state index is 12.8. The van der Waals surface area contributed by atoms with E-state index >= 15 is 0 Å². The van der Waals surface area contributed by atoms with Gasteiger partial charge in [0.15, 0.2) is 0 Å². The fourth-order valence-electron chi connectivity index (χ4n) is 4.04. The Hall–Kier alpha value is -1.46. The first-order valence-electron chi connectivity index (χ1n) is 8.76. The van der Waals surface area contributed by atoms with E-state index in [1.165, 1.54) is 32.1 Å². The maximum Gasteiger partial charge on any atom is 0.223 e. The molecule has 1 aliphatic carbocycles. The summed E-state index contributed by atoms with van der Waals surface area (Å²) in [6.07, 6.45) is 13.1. The van der Waals surface area contributed by atoms with Crippen molar-refractivity contribution in [2.75, 3.05) is 13.1 Å². The van der Waals surface area contributed by atoms with Gasteiger partial charge < -0.3 is 4.90 Å². The van der Waals surface area contributed by atoms with Crippen molar-refractivity contribution in [2.45, 2.75) is 70.8 Å². The number of carbonyl (C=O) groups is 1. The van der Waals surface area contributed by atoms with E-state index in [-0.39, 0.29) is 5.41 Å². The number of tetrazole rings is 1. The number of aromatic nitrogens is 4. The summed E-state index contributed by atoms with van der Waals surface area (Å²) in [6, 6.07) is 0. The molecular formula is C16H27N5O. The molecule has 0 N–H and O–H groups in total. The van der Waals surface area contributed by atoms with Crippen molar-refractivity contribution in [1.82, 2.24) is 25.1 Å². The fraction of sp³-hybridized carbons (Fsp3) is 0.875. The lowest BCUT2D eigenvalue weighted by atomic mass is 9.71. The molecule has 0 aromatic carbocycles. The van der Waals surface area contributed by atoms with Crippen LogP contribution in [-0.4, -0.2) is 44.1 Å². The normalized spacial score (nSPS) is 22.3. The SMILES string of the molecule is O=C(CC1(Cn2cnnn2)CCCCC1)N1CCCCCC1. The summed E-state index contributed by atoms with van der Waals surface area (Å²) in [7, 11) is 0. The second kappa shape index (κ2) is 7.20. The number of hydrogen-bond donors (Lipinski definition) is 0. The molecule has 2 heterocycles. The van der Waals surface area contributed by atoms with Crippen molar-refractivity contribution in [3.05, 3.63) is 6.33 Å². The Bertz CT molecular complexity index is 459. The van der Waals surface area contributed by atoms with Gasteiger partial charge >= 0.3 is 0 Å². The van der Waals surface area contributed by atoms with E-state index in [0.29, 0.717) is 12.3 Å². The van der Waals surface area contributed by atoms with Gasteiger partial charge in [-0.1, -0.05) is 32.1 Å². The van der Waals surface area contributed by atoms with E-state index < -0.39 is 0 Å². The Morgan fingerprint density at radius 2 is 1.68 bits per heavy atom. The minimum atomic E-state index is 0.0526. The maximum absolute atomic E-state index is 12.8. The fourth-order valence-corrected chi connectivity index (χ4v) is 4.04. The molecule has 0 unspecified atom stereocenters. The van der Waals surface area contributed by atoms with Gasteiger partial charge in [0, 0.05) is 19.5 Å². The van der Waals surface area contributed by atoms with Crippen LogP contribution in [-0.2, 0) is 11.3 Å². The van der Waals surface area contributed by atoms with Crippen LogP contribution in [0.5, 0.6) is 0 Å². The third kappa shape index (κ3) is 3.84. The third-order valence-corrected chi connectivity index (χ3v) is 5.29. The van der Waals surface area contributed by atoms with Gasteiger partial charge in [0.05, 0.1) is 6.54 Å². The largest absolute Gasteiger partial charge is 0.343 e. The highest BCUT2D eigenvalue weighted by molar-refractivity contribution is 5.77. The van der Waals surface area contributed by atoms with Crippen LogP contribution in [0.3, 0.4) is 0 Å². The van der Waals surface area contributed by atoms with Crippen molar-refractivity contribution in [2.24, 2.45) is 5.41 Å². The Labute approximate surface area is 132 Å². The minimum Gasteiger partial charge on any atom is -0.343 e. The van der Waals surface area contributed by atoms with Gasteiger partial charge in [0.25, 0.3) is 0 Å². The average molecular weight is 305 g/mol. The van der Waals surface area contributed by atoms with Crippen molar-refractivity contribution < 1.29 is 4.79 Å². The zero-order valence-electron chi connectivity index (χ0n) is 13.4. The molecule has 1 amide bonds. The molecule has 1 aromatic rings. The second-order valence-electron chi connectivity index (χ2n) is 7.04. The molecule has 1 aliphatic heterocycles. The Balaban J connectivity index is 1.67. The zero-order chi connectivity index (χ0) is 15.3. The van der Waals surface area contributed by atoms with E-state index in [1.54, 1.807) is 11.0 Å². The molecule has 1 saturated heterocycles. The second-order valence-corrected chi connectivity index (χ2v) is 7.04. The summed E-state index contributed by atoms with van der Waals surface area (Å²) >= 11 is 0. The summed E-state index contributed by atoms with van der Waals surface area (Å²) in [5.41, 5.74) is 0.0526. The van der Waals surface area contributed by atoms with Crippen LogP contribution in [0.25, 0.3) is 0 Å². The first-order chi connectivity index (χ1) is 10.8. The molecule has 2 fully saturated rings. The molecular weight excluding hydrogens is 278 g/mol. The minimum absolute atomic E-state index is 0.0526. The molecule has 6 heteroatoms. The van der Waals surface area contributed by atoms with Crippen molar-refractivity contribution in [3.8, 4) is 0 Å². The molecule has 122 valence electrons. The molecule has 22 heavy (non-hydrogen) atoms. The number of carbonyl (C=O) groups excluding carboxylic acids is 1. The van der Waals surface area contributed by atoms with E-state index in [1.807, 2.05) is 0 Å². The summed E-state index contributed by atoms with van der Waals surface area (Å²) in [6.45, 7) is 2.67. The van der Waals surface area contributed by atoms with Crippen LogP contribution in [0.15, 0.2) is 6.33 Å². The van der Waals surface area contributed by atoms with Crippen molar-refractivity contribution >= 4 is 5.91 Å². The molecule has 0 atom stereocenters. The molecule has 3 rings (SSSR count). The van der Waals surface area contributed by atoms with Gasteiger partial charge in [0.1, 0.15) is 6.33 Å². The van der Waals surface area contributed by atoms with Gasteiger partial charge in [-0.2, -0.15) is 0 Å². The number of likely N-dealkylation sites (tertiary alicyclic amines) is 1. The lowest BCUT2D eigenvalue weighted by molar-refractivity contribution is -0.134. The van der Waals surface area contributed by atoms with Crippen LogP contribution in [0, 0.1) is 5.41 Å². The lowest BCUT2D eigenvalue weighted by Crippen LogP contribution is -2.39. The molecule has 0 bridgehead atoms. The molecule has 1 saturated carbocycles. The van der Waals surface area contributed by atoms with E-state index in [2.05, 4.69) is 20.4 Å². The monoisotopic (exact) mass is 305 g/mol. The first-order valence-corrected chi connectivity index (χ1v) is 8.76. The lowest BCUT2D eigenvalue weighted by Gasteiger charge is -2.38. The van der Waals surface area contributed by atoms with Gasteiger partial charge in [-0.3, -0.25) is 4.79 Å². The van der Waals surface area contributed by atoms with Gasteiger partial charge in [0.2, 0.25) is 5.91 Å². The predicted molar refractivity (Wildman–Crippen MR) is 83.0 cm³/mol. The van der Waals surface area contributed by atoms with Crippen LogP contribution < -0.4 is 0 Å². The van der Waals surface area contributed by atoms with Crippen LogP contribution in [0.2, 0.25) is 0 Å². The predicted octanol–water partition coefficient (Wildman–Crippen LogP) is 2.42. The standard InChI is InChI=1S/C16H27N5O/c22-15(20-10-6-1-2-7-11-20)12-16(8-4-3-5-9-16)13-21-14-17-18-19-21/h14H,1-13H2. The molecule has 2 aliphatic rings. The quantitative estimate of drug-likeness (QED) is 0.857.